The number of hydrogen-bond donors (Lipinski definition) is 0. The maximum atomic E-state index is 10.0. The maximum Gasteiger partial charge on any atom is 0.136 e. The molecule has 0 spiro atoms. The van der Waals surface area contributed by atoms with E-state index in [2.05, 4.69) is 0 Å². The van der Waals surface area contributed by atoms with Gasteiger partial charge in [-0.25, -0.2) is 0 Å². The van der Waals surface area contributed by atoms with Crippen molar-refractivity contribution in [3.05, 3.63) is 0 Å². The van der Waals surface area contributed by atoms with Crippen LogP contribution in [0.5, 0.6) is 0 Å². The van der Waals surface area contributed by atoms with Gasteiger partial charge in [0.15, 0.2) is 0 Å². The van der Waals surface area contributed by atoms with Crippen LogP contribution in [0.4, 0.5) is 4.79 Å². The summed E-state index contributed by atoms with van der Waals surface area (Å²) in [5, 5.41) is 10.0. The monoisotopic (exact) mass is 114 g/mol. The highest BCUT2D eigenvalue weighted by Gasteiger charge is 2.09. The highest BCUT2D eigenvalue weighted by atomic mass is 16.4. The molecule has 1 aliphatic rings. The SMILES string of the molecule is O=C([O-])N1CCCC1. The van der Waals surface area contributed by atoms with Crippen LogP contribution in [0.1, 0.15) is 12.8 Å². The number of carbonyl (C=O) groups is 1. The van der Waals surface area contributed by atoms with Crippen molar-refractivity contribution < 1.29 is 9.90 Å². The zero-order chi connectivity index (χ0) is 5.98. The molecule has 1 saturated heterocycles. The number of carboxylic acid groups (broad SMARTS) is 1. The Hall–Kier alpha value is -0.730. The highest BCUT2D eigenvalue weighted by Crippen LogP contribution is 2.04. The van der Waals surface area contributed by atoms with Gasteiger partial charge in [0.25, 0.3) is 0 Å². The topological polar surface area (TPSA) is 43.4 Å². The van der Waals surface area contributed by atoms with E-state index in [-0.39, 0.29) is 0 Å². The first-order chi connectivity index (χ1) is 3.80. The smallest absolute Gasteiger partial charge is 0.136 e. The van der Waals surface area contributed by atoms with E-state index in [1.807, 2.05) is 0 Å². The first kappa shape index (κ1) is 5.41. The molecule has 1 aliphatic heterocycles. The van der Waals surface area contributed by atoms with Crippen LogP contribution in [-0.2, 0) is 0 Å². The van der Waals surface area contributed by atoms with E-state index in [0.717, 1.165) is 12.8 Å². The van der Waals surface area contributed by atoms with Crippen molar-refractivity contribution in [1.82, 2.24) is 4.90 Å². The molecule has 0 atom stereocenters. The van der Waals surface area contributed by atoms with Crippen LogP contribution in [0.3, 0.4) is 0 Å². The fourth-order valence-corrected chi connectivity index (χ4v) is 0.900. The second-order valence-electron chi connectivity index (χ2n) is 1.96. The lowest BCUT2D eigenvalue weighted by Crippen LogP contribution is -2.38. The van der Waals surface area contributed by atoms with E-state index in [1.54, 1.807) is 0 Å². The Morgan fingerprint density at radius 3 is 2.12 bits per heavy atom. The minimum atomic E-state index is -1.03. The molecule has 3 nitrogen and oxygen atoms in total. The molecule has 0 bridgehead atoms. The highest BCUT2D eigenvalue weighted by molar-refractivity contribution is 5.62. The van der Waals surface area contributed by atoms with E-state index in [1.165, 1.54) is 4.90 Å². The first-order valence-corrected chi connectivity index (χ1v) is 2.76. The molecule has 1 fully saturated rings. The molecule has 0 aromatic rings. The molecular weight excluding hydrogens is 106 g/mol. The summed E-state index contributed by atoms with van der Waals surface area (Å²) in [4.78, 5) is 11.3. The molecule has 1 rings (SSSR count). The lowest BCUT2D eigenvalue weighted by atomic mass is 10.4. The summed E-state index contributed by atoms with van der Waals surface area (Å²) >= 11 is 0. The van der Waals surface area contributed by atoms with Gasteiger partial charge in [-0.2, -0.15) is 0 Å². The average Bonchev–Trinajstić information content (AvgIpc) is 2.12. The molecule has 0 saturated carbocycles. The van der Waals surface area contributed by atoms with Crippen molar-refractivity contribution in [3.63, 3.8) is 0 Å². The third-order valence-electron chi connectivity index (χ3n) is 1.36. The van der Waals surface area contributed by atoms with Gasteiger partial charge in [-0.1, -0.05) is 0 Å². The molecule has 1 amide bonds. The van der Waals surface area contributed by atoms with Gasteiger partial charge < -0.3 is 14.8 Å². The standard InChI is InChI=1S/C5H9NO2/c7-5(8)6-3-1-2-4-6/h1-4H2,(H,7,8)/p-1. The third-order valence-corrected chi connectivity index (χ3v) is 1.36. The van der Waals surface area contributed by atoms with E-state index in [0.29, 0.717) is 13.1 Å². The molecule has 0 aromatic heterocycles. The second-order valence-corrected chi connectivity index (χ2v) is 1.96. The summed E-state index contributed by atoms with van der Waals surface area (Å²) in [7, 11) is 0. The van der Waals surface area contributed by atoms with E-state index in [9.17, 15) is 9.90 Å². The predicted octanol–water partition coefficient (Wildman–Crippen LogP) is -0.575. The summed E-state index contributed by atoms with van der Waals surface area (Å²) in [6.07, 6.45) is 0.963. The normalized spacial score (nSPS) is 19.2. The number of carbonyl (C=O) groups excluding carboxylic acids is 1. The minimum Gasteiger partial charge on any atom is -0.530 e. The van der Waals surface area contributed by atoms with Crippen LogP contribution in [0.15, 0.2) is 0 Å². The Kier molecular flexibility index (Phi) is 1.37. The summed E-state index contributed by atoms with van der Waals surface area (Å²) in [5.74, 6) is 0. The predicted molar refractivity (Wildman–Crippen MR) is 26.2 cm³/mol. The van der Waals surface area contributed by atoms with E-state index < -0.39 is 6.09 Å². The summed E-state index contributed by atoms with van der Waals surface area (Å²) < 4.78 is 0. The van der Waals surface area contributed by atoms with Gasteiger partial charge in [0, 0.05) is 13.1 Å². The lowest BCUT2D eigenvalue weighted by Gasteiger charge is -2.16. The molecule has 46 valence electrons. The number of rotatable bonds is 0. The number of likely N-dealkylation sites (tertiary alicyclic amines) is 1. The largest absolute Gasteiger partial charge is 0.530 e. The van der Waals surface area contributed by atoms with Crippen LogP contribution >= 0.6 is 0 Å². The van der Waals surface area contributed by atoms with Crippen molar-refractivity contribution in [3.8, 4) is 0 Å². The second kappa shape index (κ2) is 2.03. The average molecular weight is 114 g/mol. The fourth-order valence-electron chi connectivity index (χ4n) is 0.900. The van der Waals surface area contributed by atoms with Crippen LogP contribution in [0.2, 0.25) is 0 Å². The van der Waals surface area contributed by atoms with Gasteiger partial charge in [-0.05, 0) is 12.8 Å². The number of amides is 1. The van der Waals surface area contributed by atoms with Gasteiger partial charge in [-0.3, -0.25) is 0 Å². The molecule has 8 heavy (non-hydrogen) atoms. The molecule has 0 unspecified atom stereocenters. The Balaban J connectivity index is 2.35. The van der Waals surface area contributed by atoms with Crippen LogP contribution < -0.4 is 5.11 Å². The quantitative estimate of drug-likeness (QED) is 0.423. The van der Waals surface area contributed by atoms with Gasteiger partial charge in [0.2, 0.25) is 0 Å². The molecule has 3 heteroatoms. The van der Waals surface area contributed by atoms with Gasteiger partial charge in [0.1, 0.15) is 6.09 Å². The van der Waals surface area contributed by atoms with Crippen molar-refractivity contribution in [2.24, 2.45) is 0 Å². The zero-order valence-electron chi connectivity index (χ0n) is 4.59. The Bertz CT molecular complexity index is 96.6. The Morgan fingerprint density at radius 1 is 1.38 bits per heavy atom. The molecule has 0 radical (unpaired) electrons. The zero-order valence-corrected chi connectivity index (χ0v) is 4.59. The molecule has 0 N–H and O–H groups in total. The molecule has 1 heterocycles. The van der Waals surface area contributed by atoms with Gasteiger partial charge in [-0.15, -0.1) is 0 Å². The van der Waals surface area contributed by atoms with Gasteiger partial charge in [0.05, 0.1) is 0 Å². The minimum absolute atomic E-state index is 0.669. The lowest BCUT2D eigenvalue weighted by molar-refractivity contribution is -0.264. The Labute approximate surface area is 47.9 Å². The van der Waals surface area contributed by atoms with Gasteiger partial charge >= 0.3 is 0 Å². The molecule has 0 aromatic carbocycles. The van der Waals surface area contributed by atoms with Crippen molar-refractivity contribution in [2.75, 3.05) is 13.1 Å². The van der Waals surface area contributed by atoms with E-state index >= 15 is 0 Å². The number of nitrogens with zero attached hydrogens (tertiary/aromatic N) is 1. The summed E-state index contributed by atoms with van der Waals surface area (Å²) in [6.45, 7) is 1.34. The maximum absolute atomic E-state index is 10.0. The van der Waals surface area contributed by atoms with E-state index in [4.69, 9.17) is 0 Å². The van der Waals surface area contributed by atoms with Crippen molar-refractivity contribution in [1.29, 1.82) is 0 Å². The molecule has 0 aliphatic carbocycles. The van der Waals surface area contributed by atoms with Crippen LogP contribution in [0.25, 0.3) is 0 Å². The van der Waals surface area contributed by atoms with Crippen LogP contribution in [-0.4, -0.2) is 24.1 Å². The van der Waals surface area contributed by atoms with Crippen molar-refractivity contribution >= 4 is 6.09 Å². The summed E-state index contributed by atoms with van der Waals surface area (Å²) in [6, 6.07) is 0. The Morgan fingerprint density at radius 2 is 1.88 bits per heavy atom. The van der Waals surface area contributed by atoms with Crippen molar-refractivity contribution in [2.45, 2.75) is 12.8 Å². The molecular formula is C5H8NO2-. The first-order valence-electron chi connectivity index (χ1n) is 2.76. The summed E-state index contributed by atoms with van der Waals surface area (Å²) in [5.41, 5.74) is 0. The number of hydrogen-bond acceptors (Lipinski definition) is 2. The third kappa shape index (κ3) is 0.911. The van der Waals surface area contributed by atoms with Crippen LogP contribution in [0, 0.1) is 0 Å². The fraction of sp³-hybridized carbons (Fsp3) is 0.800.